The third kappa shape index (κ3) is 4.57. The monoisotopic (exact) mass is 376 g/mol. The van der Waals surface area contributed by atoms with Crippen molar-refractivity contribution in [2.75, 3.05) is 11.1 Å². The van der Waals surface area contributed by atoms with Gasteiger partial charge in [0.1, 0.15) is 0 Å². The lowest BCUT2D eigenvalue weighted by atomic mass is 10.1. The quantitative estimate of drug-likeness (QED) is 0.652. The van der Waals surface area contributed by atoms with E-state index in [1.165, 1.54) is 22.9 Å². The Morgan fingerprint density at radius 3 is 2.74 bits per heavy atom. The molecule has 0 fully saturated rings. The lowest BCUT2D eigenvalue weighted by molar-refractivity contribution is -0.113. The molecule has 1 N–H and O–H groups in total. The van der Waals surface area contributed by atoms with E-state index in [2.05, 4.69) is 42.4 Å². The van der Waals surface area contributed by atoms with E-state index < -0.39 is 0 Å². The van der Waals surface area contributed by atoms with E-state index in [9.17, 15) is 4.79 Å². The second kappa shape index (κ2) is 8.56. The average Bonchev–Trinajstić information content (AvgIpc) is 3.12. The van der Waals surface area contributed by atoms with E-state index >= 15 is 0 Å². The molecule has 27 heavy (non-hydrogen) atoms. The van der Waals surface area contributed by atoms with E-state index in [1.54, 1.807) is 6.20 Å². The van der Waals surface area contributed by atoms with Crippen LogP contribution in [-0.4, -0.2) is 21.2 Å². The van der Waals surface area contributed by atoms with Crippen molar-refractivity contribution >= 4 is 23.4 Å². The van der Waals surface area contributed by atoms with Crippen molar-refractivity contribution in [2.24, 2.45) is 0 Å². The van der Waals surface area contributed by atoms with E-state index in [-0.39, 0.29) is 11.7 Å². The van der Waals surface area contributed by atoms with Crippen molar-refractivity contribution in [3.05, 3.63) is 71.5 Å². The van der Waals surface area contributed by atoms with E-state index in [0.717, 1.165) is 22.1 Å². The molecular formula is C21H20N4OS. The Kier molecular flexibility index (Phi) is 5.94. The third-order valence-corrected chi connectivity index (χ3v) is 5.26. The highest BCUT2D eigenvalue weighted by Crippen LogP contribution is 2.24. The summed E-state index contributed by atoms with van der Waals surface area (Å²) in [6.45, 7) is 4.17. The van der Waals surface area contributed by atoms with Crippen LogP contribution in [0.2, 0.25) is 0 Å². The molecule has 6 heteroatoms. The predicted molar refractivity (Wildman–Crippen MR) is 108 cm³/mol. The molecule has 0 atom stereocenters. The predicted octanol–water partition coefficient (Wildman–Crippen LogP) is 4.29. The van der Waals surface area contributed by atoms with Gasteiger partial charge in [0.25, 0.3) is 0 Å². The topological polar surface area (TPSA) is 70.7 Å². The molecule has 0 spiro atoms. The summed E-state index contributed by atoms with van der Waals surface area (Å²) >= 11 is 1.40. The van der Waals surface area contributed by atoms with E-state index in [4.69, 9.17) is 5.26 Å². The standard InChI is InChI=1S/C21H20N4OS/c1-15-4-3-5-19(16(15)2)25-13-12-23-21(25)27-14-20(26)24-18-8-6-17(7-9-18)10-11-22/h3-9,12-13H,10,14H2,1-2H3,(H,24,26). The van der Waals surface area contributed by atoms with Crippen molar-refractivity contribution in [2.45, 2.75) is 25.4 Å². The molecule has 2 aromatic carbocycles. The lowest BCUT2D eigenvalue weighted by Gasteiger charge is -2.12. The Morgan fingerprint density at radius 2 is 2.00 bits per heavy atom. The minimum Gasteiger partial charge on any atom is -0.325 e. The largest absolute Gasteiger partial charge is 0.325 e. The summed E-state index contributed by atoms with van der Waals surface area (Å²) in [6, 6.07) is 15.6. The number of amides is 1. The van der Waals surface area contributed by atoms with Crippen LogP contribution < -0.4 is 5.32 Å². The van der Waals surface area contributed by atoms with Crippen LogP contribution >= 0.6 is 11.8 Å². The van der Waals surface area contributed by atoms with Gasteiger partial charge in [-0.15, -0.1) is 0 Å². The number of thioether (sulfide) groups is 1. The van der Waals surface area contributed by atoms with Gasteiger partial charge >= 0.3 is 0 Å². The first kappa shape index (κ1) is 18.7. The SMILES string of the molecule is Cc1cccc(-n2ccnc2SCC(=O)Nc2ccc(CC#N)cc2)c1C. The molecule has 0 unspecified atom stereocenters. The summed E-state index contributed by atoms with van der Waals surface area (Å²) < 4.78 is 2.01. The van der Waals surface area contributed by atoms with Crippen molar-refractivity contribution in [3.8, 4) is 11.8 Å². The van der Waals surface area contributed by atoms with Crippen LogP contribution in [0.4, 0.5) is 5.69 Å². The van der Waals surface area contributed by atoms with Crippen molar-refractivity contribution in [1.29, 1.82) is 5.26 Å². The van der Waals surface area contributed by atoms with Gasteiger partial charge in [0.05, 0.1) is 23.9 Å². The van der Waals surface area contributed by atoms with E-state index in [0.29, 0.717) is 6.42 Å². The molecule has 3 aromatic rings. The maximum atomic E-state index is 12.3. The van der Waals surface area contributed by atoms with Gasteiger partial charge < -0.3 is 5.32 Å². The Balaban J connectivity index is 1.64. The van der Waals surface area contributed by atoms with Crippen molar-refractivity contribution < 1.29 is 4.79 Å². The Hall–Kier alpha value is -3.04. The Labute approximate surface area is 163 Å². The van der Waals surface area contributed by atoms with Crippen molar-refractivity contribution in [1.82, 2.24) is 9.55 Å². The van der Waals surface area contributed by atoms with Gasteiger partial charge in [0.2, 0.25) is 5.91 Å². The van der Waals surface area contributed by atoms with Crippen LogP contribution in [0.1, 0.15) is 16.7 Å². The third-order valence-electron chi connectivity index (χ3n) is 4.30. The Bertz CT molecular complexity index is 986. The van der Waals surface area contributed by atoms with Crippen LogP contribution in [0.25, 0.3) is 5.69 Å². The second-order valence-electron chi connectivity index (χ2n) is 6.17. The van der Waals surface area contributed by atoms with Crippen LogP contribution in [0.5, 0.6) is 0 Å². The van der Waals surface area contributed by atoms with Gasteiger partial charge in [-0.05, 0) is 48.7 Å². The smallest absolute Gasteiger partial charge is 0.234 e. The molecule has 0 bridgehead atoms. The number of carbonyl (C=O) groups excluding carboxylic acids is 1. The van der Waals surface area contributed by atoms with Gasteiger partial charge in [-0.25, -0.2) is 4.98 Å². The number of benzene rings is 2. The number of anilines is 1. The number of nitrogens with zero attached hydrogens (tertiary/aromatic N) is 3. The van der Waals surface area contributed by atoms with E-state index in [1.807, 2.05) is 41.1 Å². The number of nitriles is 1. The molecule has 0 aliphatic carbocycles. The zero-order valence-corrected chi connectivity index (χ0v) is 16.1. The molecule has 0 aliphatic rings. The number of aryl methyl sites for hydroxylation is 1. The number of imidazole rings is 1. The molecule has 0 saturated carbocycles. The first-order valence-corrected chi connectivity index (χ1v) is 9.55. The van der Waals surface area contributed by atoms with Gasteiger partial charge in [-0.2, -0.15) is 5.26 Å². The number of hydrogen-bond acceptors (Lipinski definition) is 4. The molecule has 5 nitrogen and oxygen atoms in total. The minimum absolute atomic E-state index is 0.0939. The maximum Gasteiger partial charge on any atom is 0.234 e. The molecule has 1 heterocycles. The van der Waals surface area contributed by atoms with Gasteiger partial charge in [-0.3, -0.25) is 9.36 Å². The summed E-state index contributed by atoms with van der Waals surface area (Å²) in [5.41, 5.74) is 5.14. The highest BCUT2D eigenvalue weighted by molar-refractivity contribution is 7.99. The highest BCUT2D eigenvalue weighted by atomic mass is 32.2. The summed E-state index contributed by atoms with van der Waals surface area (Å²) in [4.78, 5) is 16.7. The zero-order valence-electron chi connectivity index (χ0n) is 15.3. The second-order valence-corrected chi connectivity index (χ2v) is 7.11. The molecule has 0 radical (unpaired) electrons. The summed E-state index contributed by atoms with van der Waals surface area (Å²) in [5, 5.41) is 12.4. The Morgan fingerprint density at radius 1 is 1.22 bits per heavy atom. The zero-order chi connectivity index (χ0) is 19.2. The van der Waals surface area contributed by atoms with Crippen molar-refractivity contribution in [3.63, 3.8) is 0 Å². The van der Waals surface area contributed by atoms with Gasteiger partial charge in [-0.1, -0.05) is 36.0 Å². The molecule has 1 aromatic heterocycles. The lowest BCUT2D eigenvalue weighted by Crippen LogP contribution is -2.14. The number of nitrogens with one attached hydrogen (secondary N) is 1. The molecule has 3 rings (SSSR count). The van der Waals surface area contributed by atoms with Gasteiger partial charge in [0.15, 0.2) is 5.16 Å². The van der Waals surface area contributed by atoms with Crippen LogP contribution in [0.3, 0.4) is 0 Å². The fraction of sp³-hybridized carbons (Fsp3) is 0.190. The number of carbonyl (C=O) groups is 1. The molecular weight excluding hydrogens is 356 g/mol. The number of rotatable bonds is 6. The average molecular weight is 376 g/mol. The summed E-state index contributed by atoms with van der Waals surface area (Å²) in [7, 11) is 0. The number of hydrogen-bond donors (Lipinski definition) is 1. The molecule has 136 valence electrons. The maximum absolute atomic E-state index is 12.3. The fourth-order valence-corrected chi connectivity index (χ4v) is 3.47. The molecule has 1 amide bonds. The first-order chi connectivity index (χ1) is 13.1. The number of aromatic nitrogens is 2. The molecule has 0 saturated heterocycles. The first-order valence-electron chi connectivity index (χ1n) is 8.57. The summed E-state index contributed by atoms with van der Waals surface area (Å²) in [6.07, 6.45) is 4.02. The highest BCUT2D eigenvalue weighted by Gasteiger charge is 2.11. The molecule has 0 aliphatic heterocycles. The van der Waals surface area contributed by atoms with Crippen LogP contribution in [-0.2, 0) is 11.2 Å². The summed E-state index contributed by atoms with van der Waals surface area (Å²) in [5.74, 6) is 0.172. The fourth-order valence-electron chi connectivity index (χ4n) is 2.70. The van der Waals surface area contributed by atoms with Crippen LogP contribution in [0, 0.1) is 25.2 Å². The normalized spacial score (nSPS) is 10.4. The van der Waals surface area contributed by atoms with Crippen LogP contribution in [0.15, 0.2) is 60.0 Å². The minimum atomic E-state index is -0.0939. The van der Waals surface area contributed by atoms with Gasteiger partial charge in [0, 0.05) is 18.1 Å².